The van der Waals surface area contributed by atoms with Crippen LogP contribution in [0.15, 0.2) is 23.1 Å². The van der Waals surface area contributed by atoms with E-state index in [4.69, 9.17) is 0 Å². The summed E-state index contributed by atoms with van der Waals surface area (Å²) in [6.07, 6.45) is 3.60. The first kappa shape index (κ1) is 18.4. The van der Waals surface area contributed by atoms with Crippen molar-refractivity contribution in [1.29, 1.82) is 0 Å². The Kier molecular flexibility index (Phi) is 6.17. The van der Waals surface area contributed by atoms with Gasteiger partial charge >= 0.3 is 0 Å². The van der Waals surface area contributed by atoms with Crippen LogP contribution in [0.4, 0.5) is 4.39 Å². The minimum absolute atomic E-state index is 0.123. The first-order valence-electron chi connectivity index (χ1n) is 8.31. The Labute approximate surface area is 139 Å². The van der Waals surface area contributed by atoms with E-state index in [9.17, 15) is 12.8 Å². The predicted octanol–water partition coefficient (Wildman–Crippen LogP) is 2.92. The van der Waals surface area contributed by atoms with E-state index in [1.54, 1.807) is 6.92 Å². The van der Waals surface area contributed by atoms with Crippen LogP contribution in [0.2, 0.25) is 0 Å². The molecule has 4 nitrogen and oxygen atoms in total. The maximum Gasteiger partial charge on any atom is 0.240 e. The quantitative estimate of drug-likeness (QED) is 0.865. The number of hydrogen-bond donors (Lipinski definition) is 1. The van der Waals surface area contributed by atoms with Gasteiger partial charge in [-0.1, -0.05) is 20.3 Å². The second kappa shape index (κ2) is 7.73. The molecule has 1 saturated heterocycles. The predicted molar refractivity (Wildman–Crippen MR) is 90.4 cm³/mol. The molecule has 1 atom stereocenters. The molecule has 0 saturated carbocycles. The fourth-order valence-electron chi connectivity index (χ4n) is 3.10. The number of nitrogens with zero attached hydrogens (tertiary/aromatic N) is 1. The van der Waals surface area contributed by atoms with Gasteiger partial charge in [-0.2, -0.15) is 0 Å². The Balaban J connectivity index is 2.07. The molecule has 1 heterocycles. The summed E-state index contributed by atoms with van der Waals surface area (Å²) in [4.78, 5) is 2.50. The zero-order chi connectivity index (χ0) is 17.0. The summed E-state index contributed by atoms with van der Waals surface area (Å²) < 4.78 is 40.9. The van der Waals surface area contributed by atoms with Gasteiger partial charge in [-0.25, -0.2) is 17.5 Å². The number of nitrogens with one attached hydrogen (secondary N) is 1. The first-order valence-corrected chi connectivity index (χ1v) is 9.79. The van der Waals surface area contributed by atoms with Crippen LogP contribution < -0.4 is 4.72 Å². The van der Waals surface area contributed by atoms with Crippen LogP contribution in [0.1, 0.15) is 38.7 Å². The van der Waals surface area contributed by atoms with Crippen molar-refractivity contribution < 1.29 is 12.8 Å². The number of hydrogen-bond acceptors (Lipinski definition) is 3. The summed E-state index contributed by atoms with van der Waals surface area (Å²) in [6, 6.07) is 4.08. The van der Waals surface area contributed by atoms with Crippen LogP contribution in [0, 0.1) is 18.7 Å². The minimum Gasteiger partial charge on any atom is -0.299 e. The smallest absolute Gasteiger partial charge is 0.240 e. The molecular formula is C17H27FN2O2S. The number of rotatable bonds is 6. The number of benzene rings is 1. The molecule has 1 fully saturated rings. The number of sulfonamides is 1. The average molecular weight is 342 g/mol. The molecule has 0 bridgehead atoms. The Morgan fingerprint density at radius 3 is 2.43 bits per heavy atom. The molecule has 1 N–H and O–H groups in total. The van der Waals surface area contributed by atoms with Crippen LogP contribution in [-0.4, -0.2) is 39.0 Å². The van der Waals surface area contributed by atoms with Gasteiger partial charge in [0.2, 0.25) is 10.0 Å². The Morgan fingerprint density at radius 1 is 1.22 bits per heavy atom. The molecule has 23 heavy (non-hydrogen) atoms. The SMILES string of the molecule is Cc1cc(S(=O)(=O)NCC(C(C)C)N2CCCCC2)ccc1F. The lowest BCUT2D eigenvalue weighted by atomic mass is 9.99. The van der Waals surface area contributed by atoms with Gasteiger partial charge in [0.05, 0.1) is 4.90 Å². The molecule has 1 aromatic rings. The van der Waals surface area contributed by atoms with Gasteiger partial charge in [-0.3, -0.25) is 4.90 Å². The van der Waals surface area contributed by atoms with Crippen molar-refractivity contribution in [2.45, 2.75) is 51.0 Å². The van der Waals surface area contributed by atoms with E-state index in [1.807, 2.05) is 0 Å². The highest BCUT2D eigenvalue weighted by Crippen LogP contribution is 2.19. The van der Waals surface area contributed by atoms with Gasteiger partial charge in [-0.15, -0.1) is 0 Å². The normalized spacial score (nSPS) is 18.3. The number of piperidine rings is 1. The van der Waals surface area contributed by atoms with Gasteiger partial charge in [0.25, 0.3) is 0 Å². The fourth-order valence-corrected chi connectivity index (χ4v) is 4.24. The van der Waals surface area contributed by atoms with Crippen molar-refractivity contribution >= 4 is 10.0 Å². The molecule has 0 amide bonds. The highest BCUT2D eigenvalue weighted by Gasteiger charge is 2.25. The zero-order valence-electron chi connectivity index (χ0n) is 14.2. The first-order chi connectivity index (χ1) is 10.8. The van der Waals surface area contributed by atoms with Crippen molar-refractivity contribution in [2.24, 2.45) is 5.92 Å². The second-order valence-electron chi connectivity index (χ2n) is 6.67. The lowest BCUT2D eigenvalue weighted by Gasteiger charge is -2.37. The summed E-state index contributed by atoms with van der Waals surface area (Å²) in [7, 11) is -3.61. The Hall–Kier alpha value is -0.980. The van der Waals surface area contributed by atoms with Crippen molar-refractivity contribution in [3.63, 3.8) is 0 Å². The summed E-state index contributed by atoms with van der Waals surface area (Å²) in [5.74, 6) is -0.0249. The van der Waals surface area contributed by atoms with E-state index in [2.05, 4.69) is 23.5 Å². The summed E-state index contributed by atoms with van der Waals surface area (Å²) >= 11 is 0. The largest absolute Gasteiger partial charge is 0.299 e. The van der Waals surface area contributed by atoms with E-state index in [0.717, 1.165) is 13.1 Å². The van der Waals surface area contributed by atoms with Crippen LogP contribution in [0.5, 0.6) is 0 Å². The third kappa shape index (κ3) is 4.75. The molecule has 0 spiro atoms. The highest BCUT2D eigenvalue weighted by molar-refractivity contribution is 7.89. The summed E-state index contributed by atoms with van der Waals surface area (Å²) in [5, 5.41) is 0. The topological polar surface area (TPSA) is 49.4 Å². The molecule has 0 aromatic heterocycles. The van der Waals surface area contributed by atoms with Crippen LogP contribution in [0.3, 0.4) is 0 Å². The van der Waals surface area contributed by atoms with Crippen LogP contribution >= 0.6 is 0 Å². The molecule has 0 aliphatic carbocycles. The third-order valence-corrected chi connectivity index (χ3v) is 5.97. The van der Waals surface area contributed by atoms with Gasteiger partial charge in [0, 0.05) is 12.6 Å². The maximum absolute atomic E-state index is 13.3. The summed E-state index contributed by atoms with van der Waals surface area (Å²) in [6.45, 7) is 8.25. The molecule has 1 aromatic carbocycles. The van der Waals surface area contributed by atoms with Gasteiger partial charge < -0.3 is 0 Å². The number of halogens is 1. The van der Waals surface area contributed by atoms with Crippen LogP contribution in [-0.2, 0) is 10.0 Å². The fraction of sp³-hybridized carbons (Fsp3) is 0.647. The van der Waals surface area contributed by atoms with Crippen molar-refractivity contribution in [3.8, 4) is 0 Å². The molecule has 2 rings (SSSR count). The molecule has 0 radical (unpaired) electrons. The second-order valence-corrected chi connectivity index (χ2v) is 8.44. The van der Waals surface area contributed by atoms with E-state index in [0.29, 0.717) is 18.0 Å². The highest BCUT2D eigenvalue weighted by atomic mass is 32.2. The Morgan fingerprint density at radius 2 is 1.87 bits per heavy atom. The summed E-state index contributed by atoms with van der Waals surface area (Å²) in [5.41, 5.74) is 0.337. The van der Waals surface area contributed by atoms with Gasteiger partial charge in [0.15, 0.2) is 0 Å². The van der Waals surface area contributed by atoms with Crippen molar-refractivity contribution in [1.82, 2.24) is 9.62 Å². The maximum atomic E-state index is 13.3. The van der Waals surface area contributed by atoms with Crippen molar-refractivity contribution in [3.05, 3.63) is 29.6 Å². The third-order valence-electron chi connectivity index (χ3n) is 4.55. The van der Waals surface area contributed by atoms with E-state index < -0.39 is 15.8 Å². The minimum atomic E-state index is -3.61. The van der Waals surface area contributed by atoms with Crippen molar-refractivity contribution in [2.75, 3.05) is 19.6 Å². The van der Waals surface area contributed by atoms with E-state index in [-0.39, 0.29) is 10.9 Å². The number of aryl methyl sites for hydroxylation is 1. The molecule has 1 aliphatic heterocycles. The van der Waals surface area contributed by atoms with Gasteiger partial charge in [-0.05, 0) is 62.5 Å². The Bertz CT molecular complexity index is 625. The standard InChI is InChI=1S/C17H27FN2O2S/c1-13(2)17(20-9-5-4-6-10-20)12-19-23(21,22)15-7-8-16(18)14(3)11-15/h7-8,11,13,17,19H,4-6,9-10,12H2,1-3H3. The lowest BCUT2D eigenvalue weighted by Crippen LogP contribution is -2.48. The van der Waals surface area contributed by atoms with Gasteiger partial charge in [0.1, 0.15) is 5.82 Å². The lowest BCUT2D eigenvalue weighted by molar-refractivity contribution is 0.130. The molecule has 130 valence electrons. The zero-order valence-corrected chi connectivity index (χ0v) is 15.0. The average Bonchev–Trinajstić information content (AvgIpc) is 2.50. The molecular weight excluding hydrogens is 315 g/mol. The monoisotopic (exact) mass is 342 g/mol. The molecule has 1 unspecified atom stereocenters. The molecule has 6 heteroatoms. The van der Waals surface area contributed by atoms with E-state index in [1.165, 1.54) is 37.5 Å². The number of likely N-dealkylation sites (tertiary alicyclic amines) is 1. The van der Waals surface area contributed by atoms with Crippen LogP contribution in [0.25, 0.3) is 0 Å². The molecule has 1 aliphatic rings. The van der Waals surface area contributed by atoms with E-state index >= 15 is 0 Å².